The number of benzene rings is 1. The first kappa shape index (κ1) is 14.0. The van der Waals surface area contributed by atoms with E-state index in [-0.39, 0.29) is 0 Å². The lowest BCUT2D eigenvalue weighted by Gasteiger charge is -2.16. The summed E-state index contributed by atoms with van der Waals surface area (Å²) < 4.78 is 0. The van der Waals surface area contributed by atoms with E-state index in [1.54, 1.807) is 0 Å². The maximum absolute atomic E-state index is 5.67. The summed E-state index contributed by atoms with van der Waals surface area (Å²) in [4.78, 5) is 2.39. The van der Waals surface area contributed by atoms with Crippen molar-refractivity contribution in [3.63, 3.8) is 0 Å². The molecule has 0 aromatic heterocycles. The van der Waals surface area contributed by atoms with Crippen molar-refractivity contribution < 1.29 is 0 Å². The fourth-order valence-corrected chi connectivity index (χ4v) is 2.00. The summed E-state index contributed by atoms with van der Waals surface area (Å²) in [6.07, 6.45) is 6.75. The van der Waals surface area contributed by atoms with Gasteiger partial charge in [0.1, 0.15) is 0 Å². The van der Waals surface area contributed by atoms with E-state index in [2.05, 4.69) is 31.0 Å². The maximum atomic E-state index is 5.67. The Labute approximate surface area is 106 Å². The second-order valence-electron chi connectivity index (χ2n) is 4.89. The van der Waals surface area contributed by atoms with Crippen LogP contribution in [0.25, 0.3) is 0 Å². The molecule has 0 aliphatic rings. The Morgan fingerprint density at radius 1 is 1.00 bits per heavy atom. The van der Waals surface area contributed by atoms with E-state index >= 15 is 0 Å². The Balaban J connectivity index is 2.16. The van der Waals surface area contributed by atoms with E-state index in [1.807, 2.05) is 12.1 Å². The standard InChI is InChI=1S/C15H26N2/c1-3-4-5-6-7-12-17(2)13-14-8-10-15(16)11-9-14/h8-11H,3-7,12-13,16H2,1-2H3. The summed E-state index contributed by atoms with van der Waals surface area (Å²) in [5.74, 6) is 0. The van der Waals surface area contributed by atoms with Gasteiger partial charge in [0.25, 0.3) is 0 Å². The summed E-state index contributed by atoms with van der Waals surface area (Å²) >= 11 is 0. The predicted octanol–water partition coefficient (Wildman–Crippen LogP) is 3.67. The van der Waals surface area contributed by atoms with Gasteiger partial charge >= 0.3 is 0 Å². The number of unbranched alkanes of at least 4 members (excludes halogenated alkanes) is 4. The molecule has 0 heterocycles. The highest BCUT2D eigenvalue weighted by Crippen LogP contribution is 2.09. The van der Waals surface area contributed by atoms with Gasteiger partial charge in [-0.25, -0.2) is 0 Å². The van der Waals surface area contributed by atoms with Gasteiger partial charge in [-0.05, 0) is 37.7 Å². The second kappa shape index (κ2) is 8.13. The van der Waals surface area contributed by atoms with Crippen LogP contribution in [0.5, 0.6) is 0 Å². The molecule has 2 nitrogen and oxygen atoms in total. The minimum Gasteiger partial charge on any atom is -0.399 e. The van der Waals surface area contributed by atoms with E-state index in [9.17, 15) is 0 Å². The topological polar surface area (TPSA) is 29.3 Å². The van der Waals surface area contributed by atoms with Crippen LogP contribution in [0, 0.1) is 0 Å². The molecular formula is C15H26N2. The molecule has 0 saturated carbocycles. The van der Waals surface area contributed by atoms with Gasteiger partial charge in [-0.2, -0.15) is 0 Å². The molecule has 1 rings (SSSR count). The van der Waals surface area contributed by atoms with E-state index in [1.165, 1.54) is 44.2 Å². The molecule has 2 heteroatoms. The van der Waals surface area contributed by atoms with Gasteiger partial charge in [0.05, 0.1) is 0 Å². The summed E-state index contributed by atoms with van der Waals surface area (Å²) in [7, 11) is 2.19. The summed E-state index contributed by atoms with van der Waals surface area (Å²) in [6, 6.07) is 8.18. The van der Waals surface area contributed by atoms with Crippen LogP contribution in [0.3, 0.4) is 0 Å². The van der Waals surface area contributed by atoms with E-state index in [0.717, 1.165) is 12.2 Å². The van der Waals surface area contributed by atoms with E-state index in [4.69, 9.17) is 5.73 Å². The van der Waals surface area contributed by atoms with Gasteiger partial charge in [0.15, 0.2) is 0 Å². The van der Waals surface area contributed by atoms with Crippen molar-refractivity contribution in [2.75, 3.05) is 19.3 Å². The lowest BCUT2D eigenvalue weighted by Crippen LogP contribution is -2.19. The van der Waals surface area contributed by atoms with Crippen LogP contribution in [-0.4, -0.2) is 18.5 Å². The quantitative estimate of drug-likeness (QED) is 0.549. The molecule has 0 amide bonds. The Bertz CT molecular complexity index is 292. The fraction of sp³-hybridized carbons (Fsp3) is 0.600. The van der Waals surface area contributed by atoms with Crippen LogP contribution in [-0.2, 0) is 6.54 Å². The summed E-state index contributed by atoms with van der Waals surface area (Å²) in [5, 5.41) is 0. The first-order chi connectivity index (χ1) is 8.22. The predicted molar refractivity (Wildman–Crippen MR) is 75.9 cm³/mol. The molecule has 0 spiro atoms. The largest absolute Gasteiger partial charge is 0.399 e. The highest BCUT2D eigenvalue weighted by Gasteiger charge is 2.00. The molecule has 0 fully saturated rings. The molecule has 17 heavy (non-hydrogen) atoms. The number of anilines is 1. The van der Waals surface area contributed by atoms with Crippen molar-refractivity contribution in [3.05, 3.63) is 29.8 Å². The van der Waals surface area contributed by atoms with Crippen molar-refractivity contribution in [1.29, 1.82) is 0 Å². The third-order valence-corrected chi connectivity index (χ3v) is 3.08. The number of nitrogens with zero attached hydrogens (tertiary/aromatic N) is 1. The SMILES string of the molecule is CCCCCCCN(C)Cc1ccc(N)cc1. The Kier molecular flexibility index (Phi) is 6.71. The third kappa shape index (κ3) is 6.32. The first-order valence-corrected chi connectivity index (χ1v) is 6.75. The monoisotopic (exact) mass is 234 g/mol. The number of nitrogen functional groups attached to an aromatic ring is 1. The van der Waals surface area contributed by atoms with E-state index < -0.39 is 0 Å². The van der Waals surface area contributed by atoms with Crippen LogP contribution >= 0.6 is 0 Å². The molecule has 0 saturated heterocycles. The molecule has 1 aromatic rings. The molecule has 0 unspecified atom stereocenters. The van der Waals surface area contributed by atoms with Gasteiger partial charge in [-0.15, -0.1) is 0 Å². The van der Waals surface area contributed by atoms with Crippen LogP contribution in [0.2, 0.25) is 0 Å². The van der Waals surface area contributed by atoms with Crippen LogP contribution in [0.15, 0.2) is 24.3 Å². The maximum Gasteiger partial charge on any atom is 0.0314 e. The molecular weight excluding hydrogens is 208 g/mol. The van der Waals surface area contributed by atoms with Crippen molar-refractivity contribution in [2.45, 2.75) is 45.6 Å². The second-order valence-corrected chi connectivity index (χ2v) is 4.89. The zero-order valence-corrected chi connectivity index (χ0v) is 11.3. The minimum absolute atomic E-state index is 0.843. The third-order valence-electron chi connectivity index (χ3n) is 3.08. The van der Waals surface area contributed by atoms with Gasteiger partial charge in [0, 0.05) is 12.2 Å². The molecule has 1 aromatic carbocycles. The van der Waals surface area contributed by atoms with Gasteiger partial charge in [-0.3, -0.25) is 0 Å². The Morgan fingerprint density at radius 2 is 1.65 bits per heavy atom. The lowest BCUT2D eigenvalue weighted by atomic mass is 10.1. The smallest absolute Gasteiger partial charge is 0.0314 e. The number of hydrogen-bond acceptors (Lipinski definition) is 2. The molecule has 0 aliphatic heterocycles. The molecule has 2 N–H and O–H groups in total. The van der Waals surface area contributed by atoms with Gasteiger partial charge in [0.2, 0.25) is 0 Å². The summed E-state index contributed by atoms with van der Waals surface area (Å²) in [5.41, 5.74) is 7.86. The van der Waals surface area contributed by atoms with Gasteiger partial charge in [-0.1, -0.05) is 44.7 Å². The number of nitrogens with two attached hydrogens (primary N) is 1. The van der Waals surface area contributed by atoms with Crippen molar-refractivity contribution in [1.82, 2.24) is 4.90 Å². The number of hydrogen-bond donors (Lipinski definition) is 1. The Morgan fingerprint density at radius 3 is 2.29 bits per heavy atom. The highest BCUT2D eigenvalue weighted by molar-refractivity contribution is 5.39. The van der Waals surface area contributed by atoms with Crippen molar-refractivity contribution in [2.24, 2.45) is 0 Å². The minimum atomic E-state index is 0.843. The van der Waals surface area contributed by atoms with Crippen LogP contribution in [0.1, 0.15) is 44.6 Å². The number of rotatable bonds is 8. The Hall–Kier alpha value is -1.02. The lowest BCUT2D eigenvalue weighted by molar-refractivity contribution is 0.316. The zero-order valence-electron chi connectivity index (χ0n) is 11.3. The molecule has 0 bridgehead atoms. The fourth-order valence-electron chi connectivity index (χ4n) is 2.00. The zero-order chi connectivity index (χ0) is 12.5. The first-order valence-electron chi connectivity index (χ1n) is 6.75. The molecule has 96 valence electrons. The average Bonchev–Trinajstić information content (AvgIpc) is 2.32. The van der Waals surface area contributed by atoms with Crippen LogP contribution < -0.4 is 5.73 Å². The van der Waals surface area contributed by atoms with Crippen LogP contribution in [0.4, 0.5) is 5.69 Å². The molecule has 0 aliphatic carbocycles. The van der Waals surface area contributed by atoms with E-state index in [0.29, 0.717) is 0 Å². The molecule has 0 atom stereocenters. The average molecular weight is 234 g/mol. The van der Waals surface area contributed by atoms with Crippen molar-refractivity contribution in [3.8, 4) is 0 Å². The highest BCUT2D eigenvalue weighted by atomic mass is 15.1. The van der Waals surface area contributed by atoms with Crippen molar-refractivity contribution >= 4 is 5.69 Å². The summed E-state index contributed by atoms with van der Waals surface area (Å²) in [6.45, 7) is 4.47. The normalized spacial score (nSPS) is 11.0. The van der Waals surface area contributed by atoms with Gasteiger partial charge < -0.3 is 10.6 Å². The molecule has 0 radical (unpaired) electrons.